The Balaban J connectivity index is 1.81. The maximum Gasteiger partial charge on any atom is 0.325 e. The van der Waals surface area contributed by atoms with Gasteiger partial charge in [0.2, 0.25) is 5.91 Å². The molecule has 2 aromatic rings. The van der Waals surface area contributed by atoms with Crippen LogP contribution in [0.3, 0.4) is 0 Å². The minimum absolute atomic E-state index is 0.266. The number of nitrogens with zero attached hydrogens (tertiary/aromatic N) is 3. The van der Waals surface area contributed by atoms with Gasteiger partial charge < -0.3 is 10.6 Å². The lowest BCUT2D eigenvalue weighted by Gasteiger charge is -2.25. The van der Waals surface area contributed by atoms with Crippen molar-refractivity contribution in [3.63, 3.8) is 0 Å². The highest BCUT2D eigenvalue weighted by molar-refractivity contribution is 6.10. The smallest absolute Gasteiger partial charge is 0.321 e. The van der Waals surface area contributed by atoms with E-state index in [2.05, 4.69) is 15.7 Å². The number of halogens is 1. The minimum Gasteiger partial charge on any atom is -0.321 e. The Morgan fingerprint density at radius 3 is 2.43 bits per heavy atom. The van der Waals surface area contributed by atoms with E-state index < -0.39 is 35.7 Å². The Morgan fingerprint density at radius 1 is 1.25 bits per heavy atom. The maximum absolute atomic E-state index is 13.3. The Labute approximate surface area is 161 Å². The molecule has 8 nitrogen and oxygen atoms in total. The van der Waals surface area contributed by atoms with E-state index >= 15 is 0 Å². The van der Waals surface area contributed by atoms with Gasteiger partial charge in [-0.1, -0.05) is 19.1 Å². The van der Waals surface area contributed by atoms with Crippen molar-refractivity contribution in [3.05, 3.63) is 47.0 Å². The van der Waals surface area contributed by atoms with Crippen molar-refractivity contribution in [2.45, 2.75) is 32.7 Å². The Hall–Kier alpha value is -3.23. The minimum atomic E-state index is -1.31. The largest absolute Gasteiger partial charge is 0.325 e. The van der Waals surface area contributed by atoms with Crippen LogP contribution >= 0.6 is 0 Å². The monoisotopic (exact) mass is 387 g/mol. The highest BCUT2D eigenvalue weighted by Gasteiger charge is 2.51. The number of hydrogen-bond acceptors (Lipinski definition) is 4. The van der Waals surface area contributed by atoms with Gasteiger partial charge in [-0.2, -0.15) is 5.10 Å². The number of aromatic nitrogens is 2. The molecular formula is C19H22FN5O3. The summed E-state index contributed by atoms with van der Waals surface area (Å²) in [6.45, 7) is 4.88. The van der Waals surface area contributed by atoms with E-state index in [9.17, 15) is 18.8 Å². The predicted molar refractivity (Wildman–Crippen MR) is 99.9 cm³/mol. The molecule has 0 aliphatic carbocycles. The first-order chi connectivity index (χ1) is 13.2. The highest BCUT2D eigenvalue weighted by atomic mass is 19.1. The molecule has 0 radical (unpaired) electrons. The Bertz CT molecular complexity index is 953. The number of aryl methyl sites for hydroxylation is 2. The second-order valence-corrected chi connectivity index (χ2v) is 6.80. The summed E-state index contributed by atoms with van der Waals surface area (Å²) in [6.07, 6.45) is 0.266. The third-order valence-corrected chi connectivity index (χ3v) is 5.12. The predicted octanol–water partition coefficient (Wildman–Crippen LogP) is 1.97. The molecule has 1 aromatic carbocycles. The second kappa shape index (κ2) is 7.06. The summed E-state index contributed by atoms with van der Waals surface area (Å²) in [5, 5.41) is 9.60. The van der Waals surface area contributed by atoms with Gasteiger partial charge in [0.1, 0.15) is 17.9 Å². The number of anilines is 1. The van der Waals surface area contributed by atoms with Gasteiger partial charge in [0.05, 0.1) is 17.1 Å². The van der Waals surface area contributed by atoms with Gasteiger partial charge in [-0.25, -0.2) is 9.18 Å². The zero-order valence-electron chi connectivity index (χ0n) is 16.2. The standard InChI is InChI=1S/C19H22FN5O3/c1-5-19(13-6-8-14(20)9-7-13)17(27)25(18(28)22-19)10-15(26)21-16-11(2)23-24(4)12(16)3/h6-9H,5,10H2,1-4H3,(H,21,26)(H,22,28)/t19-/m1/s1. The van der Waals surface area contributed by atoms with Crippen LogP contribution in [0.4, 0.5) is 14.9 Å². The fraction of sp³-hybridized carbons (Fsp3) is 0.368. The molecular weight excluding hydrogens is 365 g/mol. The first kappa shape index (κ1) is 19.5. The summed E-state index contributed by atoms with van der Waals surface area (Å²) in [5.74, 6) is -1.49. The van der Waals surface area contributed by atoms with Crippen LogP contribution in [0.5, 0.6) is 0 Å². The molecule has 1 saturated heterocycles. The van der Waals surface area contributed by atoms with Crippen LogP contribution in [-0.2, 0) is 22.2 Å². The molecule has 1 fully saturated rings. The van der Waals surface area contributed by atoms with Gasteiger partial charge in [0.25, 0.3) is 5.91 Å². The molecule has 148 valence electrons. The van der Waals surface area contributed by atoms with E-state index in [4.69, 9.17) is 0 Å². The molecule has 1 atom stereocenters. The lowest BCUT2D eigenvalue weighted by Crippen LogP contribution is -2.44. The lowest BCUT2D eigenvalue weighted by molar-refractivity contribution is -0.134. The van der Waals surface area contributed by atoms with E-state index in [1.165, 1.54) is 24.3 Å². The molecule has 0 saturated carbocycles. The van der Waals surface area contributed by atoms with Crippen molar-refractivity contribution in [3.8, 4) is 0 Å². The number of nitrogens with one attached hydrogen (secondary N) is 2. The van der Waals surface area contributed by atoms with Crippen LogP contribution in [0.25, 0.3) is 0 Å². The summed E-state index contributed by atoms with van der Waals surface area (Å²) in [4.78, 5) is 38.8. The molecule has 4 amide bonds. The number of rotatable bonds is 5. The van der Waals surface area contributed by atoms with Crippen molar-refractivity contribution < 1.29 is 18.8 Å². The van der Waals surface area contributed by atoms with Gasteiger partial charge in [-0.05, 0) is 38.0 Å². The van der Waals surface area contributed by atoms with Gasteiger partial charge in [-0.3, -0.25) is 19.2 Å². The molecule has 1 aromatic heterocycles. The summed E-state index contributed by atoms with van der Waals surface area (Å²) in [7, 11) is 1.76. The molecule has 28 heavy (non-hydrogen) atoms. The zero-order valence-corrected chi connectivity index (χ0v) is 16.2. The summed E-state index contributed by atoms with van der Waals surface area (Å²) in [6, 6.07) is 4.72. The third-order valence-electron chi connectivity index (χ3n) is 5.12. The number of carbonyl (C=O) groups is 3. The summed E-state index contributed by atoms with van der Waals surface area (Å²) < 4.78 is 14.9. The lowest BCUT2D eigenvalue weighted by atomic mass is 9.87. The maximum atomic E-state index is 13.3. The second-order valence-electron chi connectivity index (χ2n) is 6.80. The first-order valence-electron chi connectivity index (χ1n) is 8.89. The van der Waals surface area contributed by atoms with E-state index in [1.54, 1.807) is 32.5 Å². The van der Waals surface area contributed by atoms with Crippen molar-refractivity contribution in [1.82, 2.24) is 20.0 Å². The van der Waals surface area contributed by atoms with Crippen LogP contribution < -0.4 is 10.6 Å². The molecule has 0 spiro atoms. The van der Waals surface area contributed by atoms with Gasteiger partial charge >= 0.3 is 6.03 Å². The van der Waals surface area contributed by atoms with Crippen LogP contribution in [0.1, 0.15) is 30.3 Å². The van der Waals surface area contributed by atoms with Crippen LogP contribution in [0.15, 0.2) is 24.3 Å². The normalized spacial score (nSPS) is 19.1. The number of benzene rings is 1. The quantitative estimate of drug-likeness (QED) is 0.767. The molecule has 1 aliphatic rings. The summed E-state index contributed by atoms with van der Waals surface area (Å²) >= 11 is 0. The topological polar surface area (TPSA) is 96.3 Å². The van der Waals surface area contributed by atoms with Gasteiger partial charge in [0.15, 0.2) is 0 Å². The van der Waals surface area contributed by atoms with Crippen molar-refractivity contribution in [2.75, 3.05) is 11.9 Å². The molecule has 2 heterocycles. The Morgan fingerprint density at radius 2 is 1.89 bits per heavy atom. The van der Waals surface area contributed by atoms with Crippen LogP contribution in [0, 0.1) is 19.7 Å². The number of hydrogen-bond donors (Lipinski definition) is 2. The molecule has 3 rings (SSSR count). The fourth-order valence-corrected chi connectivity index (χ4v) is 3.42. The van der Waals surface area contributed by atoms with Gasteiger partial charge in [-0.15, -0.1) is 0 Å². The van der Waals surface area contributed by atoms with Crippen LogP contribution in [-0.4, -0.2) is 39.1 Å². The fourth-order valence-electron chi connectivity index (χ4n) is 3.42. The van der Waals surface area contributed by atoms with Crippen molar-refractivity contribution >= 4 is 23.5 Å². The van der Waals surface area contributed by atoms with Crippen molar-refractivity contribution in [2.24, 2.45) is 7.05 Å². The van der Waals surface area contributed by atoms with E-state index in [-0.39, 0.29) is 6.42 Å². The highest BCUT2D eigenvalue weighted by Crippen LogP contribution is 2.32. The molecule has 0 unspecified atom stereocenters. The molecule has 1 aliphatic heterocycles. The molecule has 2 N–H and O–H groups in total. The van der Waals surface area contributed by atoms with Crippen molar-refractivity contribution in [1.29, 1.82) is 0 Å². The number of urea groups is 1. The summed E-state index contributed by atoms with van der Waals surface area (Å²) in [5.41, 5.74) is 1.11. The van der Waals surface area contributed by atoms with E-state index in [1.807, 2.05) is 0 Å². The Kier molecular flexibility index (Phi) is 4.93. The van der Waals surface area contributed by atoms with E-state index in [0.29, 0.717) is 16.9 Å². The first-order valence-corrected chi connectivity index (χ1v) is 8.89. The third kappa shape index (κ3) is 3.12. The molecule has 0 bridgehead atoms. The number of carbonyl (C=O) groups excluding carboxylic acids is 3. The van der Waals surface area contributed by atoms with Crippen LogP contribution in [0.2, 0.25) is 0 Å². The van der Waals surface area contributed by atoms with E-state index in [0.717, 1.165) is 10.6 Å². The zero-order chi connectivity index (χ0) is 20.6. The molecule has 9 heteroatoms. The SMILES string of the molecule is CC[C@]1(c2ccc(F)cc2)NC(=O)N(CC(=O)Nc2c(C)nn(C)c2C)C1=O. The number of amides is 4. The average molecular weight is 387 g/mol. The number of imide groups is 1. The van der Waals surface area contributed by atoms with Gasteiger partial charge in [0, 0.05) is 7.05 Å². The average Bonchev–Trinajstić information content (AvgIpc) is 3.04.